The van der Waals surface area contributed by atoms with Gasteiger partial charge in [-0.3, -0.25) is 4.79 Å². The summed E-state index contributed by atoms with van der Waals surface area (Å²) in [4.78, 5) is 15.0. The maximum atomic E-state index is 14.6. The van der Waals surface area contributed by atoms with Gasteiger partial charge in [0.25, 0.3) is 0 Å². The van der Waals surface area contributed by atoms with Crippen molar-refractivity contribution in [2.24, 2.45) is 0 Å². The van der Waals surface area contributed by atoms with Crippen LogP contribution >= 0.6 is 23.4 Å². The number of para-hydroxylation sites is 1. The van der Waals surface area contributed by atoms with E-state index in [0.29, 0.717) is 5.69 Å². The Labute approximate surface area is 225 Å². The molecule has 0 spiro atoms. The molecule has 1 amide bonds. The summed E-state index contributed by atoms with van der Waals surface area (Å²) in [6, 6.07) is 27.3. The fraction of sp³-hybridized carbons (Fsp3) is 0.107. The first-order valence-electron chi connectivity index (χ1n) is 11.4. The second kappa shape index (κ2) is 11.9. The molecule has 1 N–H and O–H groups in total. The summed E-state index contributed by atoms with van der Waals surface area (Å²) in [6.45, 7) is 0.895. The van der Waals surface area contributed by atoms with E-state index in [2.05, 4.69) is 5.32 Å². The Bertz CT molecular complexity index is 1480. The first-order valence-corrected chi connectivity index (χ1v) is 14.0. The molecule has 37 heavy (non-hydrogen) atoms. The molecule has 9 heteroatoms. The molecule has 0 aliphatic heterocycles. The zero-order chi connectivity index (χ0) is 26.4. The van der Waals surface area contributed by atoms with Crippen LogP contribution in [0.4, 0.5) is 10.1 Å². The fourth-order valence-corrected chi connectivity index (χ4v) is 6.08. The third kappa shape index (κ3) is 6.78. The number of halogens is 2. The molecule has 0 atom stereocenters. The maximum Gasteiger partial charge on any atom is 0.243 e. The Balaban J connectivity index is 1.62. The minimum Gasteiger partial charge on any atom is -0.324 e. The molecule has 0 unspecified atom stereocenters. The molecule has 0 heterocycles. The Hall–Kier alpha value is -3.17. The summed E-state index contributed by atoms with van der Waals surface area (Å²) < 4.78 is 42.6. The number of aryl methyl sites for hydroxylation is 1. The molecule has 4 rings (SSSR count). The van der Waals surface area contributed by atoms with E-state index < -0.39 is 34.8 Å². The van der Waals surface area contributed by atoms with Crippen LogP contribution in [-0.4, -0.2) is 25.2 Å². The van der Waals surface area contributed by atoms with Gasteiger partial charge in [0, 0.05) is 26.9 Å². The monoisotopic (exact) mass is 554 g/mol. The summed E-state index contributed by atoms with van der Waals surface area (Å²) >= 11 is 7.66. The summed E-state index contributed by atoms with van der Waals surface area (Å²) in [5.41, 5.74) is 1.42. The highest BCUT2D eigenvalue weighted by atomic mass is 35.5. The van der Waals surface area contributed by atoms with Crippen molar-refractivity contribution in [1.29, 1.82) is 0 Å². The zero-order valence-corrected chi connectivity index (χ0v) is 22.3. The van der Waals surface area contributed by atoms with Gasteiger partial charge in [-0.2, -0.15) is 4.31 Å². The number of carbonyl (C=O) groups excluding carboxylic acids is 1. The van der Waals surface area contributed by atoms with E-state index >= 15 is 0 Å². The predicted octanol–water partition coefficient (Wildman–Crippen LogP) is 6.77. The molecule has 0 saturated carbocycles. The summed E-state index contributed by atoms with van der Waals surface area (Å²) in [5.74, 6) is -1.22. The number of hydrogen-bond acceptors (Lipinski definition) is 4. The van der Waals surface area contributed by atoms with Gasteiger partial charge >= 0.3 is 0 Å². The van der Waals surface area contributed by atoms with Crippen LogP contribution in [0.2, 0.25) is 5.02 Å². The molecule has 0 radical (unpaired) electrons. The minimum absolute atomic E-state index is 0.00149. The van der Waals surface area contributed by atoms with Crippen LogP contribution in [-0.2, 0) is 21.4 Å². The average molecular weight is 555 g/mol. The number of sulfonamides is 1. The lowest BCUT2D eigenvalue weighted by Gasteiger charge is -2.23. The SMILES string of the molecule is Cc1ccc(S(=O)(=O)N(CC(=O)Nc2ccccc2Sc2ccccc2)Cc2c(F)cccc2Cl)cc1. The van der Waals surface area contributed by atoms with Gasteiger partial charge in [-0.1, -0.05) is 77.5 Å². The highest BCUT2D eigenvalue weighted by molar-refractivity contribution is 7.99. The van der Waals surface area contributed by atoms with Crippen LogP contribution in [0.3, 0.4) is 0 Å². The van der Waals surface area contributed by atoms with Crippen molar-refractivity contribution in [3.05, 3.63) is 119 Å². The molecule has 5 nitrogen and oxygen atoms in total. The van der Waals surface area contributed by atoms with E-state index in [9.17, 15) is 17.6 Å². The second-order valence-electron chi connectivity index (χ2n) is 8.25. The van der Waals surface area contributed by atoms with Crippen LogP contribution in [0.5, 0.6) is 0 Å². The van der Waals surface area contributed by atoms with Crippen molar-refractivity contribution in [2.75, 3.05) is 11.9 Å². The molecule has 0 fully saturated rings. The third-order valence-electron chi connectivity index (χ3n) is 5.51. The molecule has 0 aliphatic carbocycles. The number of nitrogens with one attached hydrogen (secondary N) is 1. The predicted molar refractivity (Wildman–Crippen MR) is 146 cm³/mol. The Morgan fingerprint density at radius 3 is 2.30 bits per heavy atom. The normalized spacial score (nSPS) is 11.5. The van der Waals surface area contributed by atoms with Crippen molar-refractivity contribution in [1.82, 2.24) is 4.31 Å². The Kier molecular flexibility index (Phi) is 8.66. The lowest BCUT2D eigenvalue weighted by Crippen LogP contribution is -2.38. The molecule has 190 valence electrons. The largest absolute Gasteiger partial charge is 0.324 e. The molecule has 0 saturated heterocycles. The summed E-state index contributed by atoms with van der Waals surface area (Å²) in [5, 5.41) is 2.89. The van der Waals surface area contributed by atoms with Gasteiger partial charge in [-0.05, 0) is 55.5 Å². The van der Waals surface area contributed by atoms with Crippen LogP contribution in [0, 0.1) is 12.7 Å². The van der Waals surface area contributed by atoms with E-state index in [-0.39, 0.29) is 15.5 Å². The van der Waals surface area contributed by atoms with E-state index in [0.717, 1.165) is 19.7 Å². The Morgan fingerprint density at radius 1 is 0.919 bits per heavy atom. The van der Waals surface area contributed by atoms with Gasteiger partial charge in [0.05, 0.1) is 17.1 Å². The number of rotatable bonds is 9. The van der Waals surface area contributed by atoms with Crippen molar-refractivity contribution in [3.63, 3.8) is 0 Å². The average Bonchev–Trinajstić information content (AvgIpc) is 2.87. The van der Waals surface area contributed by atoms with Crippen molar-refractivity contribution < 1.29 is 17.6 Å². The second-order valence-corrected chi connectivity index (χ2v) is 11.7. The minimum atomic E-state index is -4.15. The number of anilines is 1. The topological polar surface area (TPSA) is 66.5 Å². The van der Waals surface area contributed by atoms with Gasteiger partial charge in [-0.25, -0.2) is 12.8 Å². The molecule has 4 aromatic carbocycles. The molecular formula is C28H24ClFN2O3S2. The van der Waals surface area contributed by atoms with Gasteiger partial charge in [-0.15, -0.1) is 0 Å². The van der Waals surface area contributed by atoms with Gasteiger partial charge in [0.15, 0.2) is 0 Å². The number of benzene rings is 4. The number of carbonyl (C=O) groups is 1. The number of amides is 1. The quantitative estimate of drug-likeness (QED) is 0.248. The first-order chi connectivity index (χ1) is 17.7. The lowest BCUT2D eigenvalue weighted by atomic mass is 10.2. The molecular weight excluding hydrogens is 531 g/mol. The zero-order valence-electron chi connectivity index (χ0n) is 19.9. The van der Waals surface area contributed by atoms with Crippen LogP contribution in [0.1, 0.15) is 11.1 Å². The van der Waals surface area contributed by atoms with Gasteiger partial charge in [0.2, 0.25) is 15.9 Å². The highest BCUT2D eigenvalue weighted by Crippen LogP contribution is 2.33. The first kappa shape index (κ1) is 26.9. The Morgan fingerprint density at radius 2 is 1.59 bits per heavy atom. The fourth-order valence-electron chi connectivity index (χ4n) is 3.57. The maximum absolute atomic E-state index is 14.6. The van der Waals surface area contributed by atoms with Crippen LogP contribution < -0.4 is 5.32 Å². The number of nitrogens with zero attached hydrogens (tertiary/aromatic N) is 1. The summed E-state index contributed by atoms with van der Waals surface area (Å²) in [7, 11) is -4.15. The number of hydrogen-bond donors (Lipinski definition) is 1. The lowest BCUT2D eigenvalue weighted by molar-refractivity contribution is -0.116. The molecule has 0 bridgehead atoms. The molecule has 0 aromatic heterocycles. The third-order valence-corrected chi connectivity index (χ3v) is 8.75. The van der Waals surface area contributed by atoms with Crippen molar-refractivity contribution >= 4 is 45.0 Å². The van der Waals surface area contributed by atoms with E-state index in [1.165, 1.54) is 42.1 Å². The van der Waals surface area contributed by atoms with Crippen molar-refractivity contribution in [2.45, 2.75) is 28.2 Å². The van der Waals surface area contributed by atoms with E-state index in [4.69, 9.17) is 11.6 Å². The van der Waals surface area contributed by atoms with E-state index in [1.54, 1.807) is 24.3 Å². The smallest absolute Gasteiger partial charge is 0.243 e. The standard InChI is InChI=1S/C28H24ClFN2O3S2/c1-20-14-16-22(17-15-20)37(34,35)32(18-23-24(29)10-7-11-25(23)30)19-28(33)31-26-12-5-6-13-27(26)36-21-8-3-2-4-9-21/h2-17H,18-19H2,1H3,(H,31,33). The van der Waals surface area contributed by atoms with Crippen LogP contribution in [0.15, 0.2) is 112 Å². The van der Waals surface area contributed by atoms with Gasteiger partial charge < -0.3 is 5.32 Å². The molecule has 4 aromatic rings. The summed E-state index contributed by atoms with van der Waals surface area (Å²) in [6.07, 6.45) is 0. The van der Waals surface area contributed by atoms with E-state index in [1.807, 2.05) is 49.4 Å². The van der Waals surface area contributed by atoms with Crippen molar-refractivity contribution in [3.8, 4) is 0 Å². The highest BCUT2D eigenvalue weighted by Gasteiger charge is 2.29. The van der Waals surface area contributed by atoms with Gasteiger partial charge in [0.1, 0.15) is 5.82 Å². The van der Waals surface area contributed by atoms with Crippen LogP contribution in [0.25, 0.3) is 0 Å². The molecule has 0 aliphatic rings.